The van der Waals surface area contributed by atoms with E-state index in [0.717, 1.165) is 13.0 Å². The van der Waals surface area contributed by atoms with Gasteiger partial charge in [0.25, 0.3) is 0 Å². The predicted octanol–water partition coefficient (Wildman–Crippen LogP) is -0.0865. The molecule has 1 aliphatic heterocycles. The van der Waals surface area contributed by atoms with E-state index in [1.54, 1.807) is 4.90 Å². The van der Waals surface area contributed by atoms with Crippen LogP contribution in [0.5, 0.6) is 0 Å². The first-order valence-corrected chi connectivity index (χ1v) is 3.27. The van der Waals surface area contributed by atoms with Crippen molar-refractivity contribution in [3.8, 4) is 0 Å². The highest BCUT2D eigenvalue weighted by Gasteiger charge is 2.21. The minimum Gasteiger partial charge on any atom is -0.328 e. The van der Waals surface area contributed by atoms with Gasteiger partial charge in [-0.15, -0.1) is 0 Å². The number of hydrogen-bond acceptors (Lipinski definition) is 2. The summed E-state index contributed by atoms with van der Waals surface area (Å²) in [5.74, 6) is 0.199. The van der Waals surface area contributed by atoms with Crippen molar-refractivity contribution >= 4 is 5.91 Å². The first kappa shape index (κ1) is 6.55. The number of carbonyl (C=O) groups is 1. The van der Waals surface area contributed by atoms with Crippen LogP contribution < -0.4 is 5.73 Å². The Hall–Kier alpha value is -0.570. The van der Waals surface area contributed by atoms with Gasteiger partial charge in [-0.3, -0.25) is 4.79 Å². The maximum absolute atomic E-state index is 10.9. The van der Waals surface area contributed by atoms with Crippen LogP contribution >= 0.6 is 0 Å². The Labute approximate surface area is 54.8 Å². The molecule has 1 unspecified atom stereocenters. The summed E-state index contributed by atoms with van der Waals surface area (Å²) < 4.78 is 0. The molecule has 1 saturated heterocycles. The second-order valence-electron chi connectivity index (χ2n) is 2.43. The maximum Gasteiger partial charge on any atom is 0.223 e. The summed E-state index contributed by atoms with van der Waals surface area (Å²) in [6.07, 6.45) is 1.56. The molecular formula is C6H12N2O. The lowest BCUT2D eigenvalue weighted by atomic mass is 10.4. The van der Waals surface area contributed by atoms with Crippen molar-refractivity contribution in [2.75, 3.05) is 6.54 Å². The smallest absolute Gasteiger partial charge is 0.223 e. The first-order valence-electron chi connectivity index (χ1n) is 3.27. The molecular weight excluding hydrogens is 116 g/mol. The van der Waals surface area contributed by atoms with Crippen LogP contribution in [0.25, 0.3) is 0 Å². The fourth-order valence-corrected chi connectivity index (χ4v) is 1.10. The molecule has 0 aromatic rings. The molecule has 1 rings (SSSR count). The van der Waals surface area contributed by atoms with E-state index in [1.807, 2.05) is 6.92 Å². The molecule has 0 saturated carbocycles. The lowest BCUT2D eigenvalue weighted by Crippen LogP contribution is -2.40. The van der Waals surface area contributed by atoms with Gasteiger partial charge in [-0.25, -0.2) is 0 Å². The minimum atomic E-state index is -0.0972. The maximum atomic E-state index is 10.9. The molecule has 1 heterocycles. The van der Waals surface area contributed by atoms with Gasteiger partial charge in [-0.1, -0.05) is 0 Å². The molecule has 0 aromatic carbocycles. The van der Waals surface area contributed by atoms with Crippen LogP contribution in [-0.2, 0) is 4.79 Å². The summed E-state index contributed by atoms with van der Waals surface area (Å²) in [6.45, 7) is 2.68. The zero-order valence-corrected chi connectivity index (χ0v) is 5.63. The second-order valence-corrected chi connectivity index (χ2v) is 2.43. The Morgan fingerprint density at radius 3 is 2.67 bits per heavy atom. The van der Waals surface area contributed by atoms with Crippen LogP contribution in [0, 0.1) is 0 Å². The van der Waals surface area contributed by atoms with E-state index in [0.29, 0.717) is 6.42 Å². The van der Waals surface area contributed by atoms with Crippen molar-refractivity contribution in [1.82, 2.24) is 4.90 Å². The number of nitrogens with zero attached hydrogens (tertiary/aromatic N) is 1. The Bertz CT molecular complexity index is 122. The van der Waals surface area contributed by atoms with Gasteiger partial charge in [0.1, 0.15) is 0 Å². The van der Waals surface area contributed by atoms with Crippen molar-refractivity contribution in [2.24, 2.45) is 5.73 Å². The number of hydrogen-bond donors (Lipinski definition) is 1. The summed E-state index contributed by atoms with van der Waals surface area (Å²) >= 11 is 0. The summed E-state index contributed by atoms with van der Waals surface area (Å²) in [5, 5.41) is 0. The van der Waals surface area contributed by atoms with Crippen molar-refractivity contribution in [1.29, 1.82) is 0 Å². The van der Waals surface area contributed by atoms with Gasteiger partial charge in [0.2, 0.25) is 5.91 Å². The van der Waals surface area contributed by atoms with Crippen LogP contribution in [0.15, 0.2) is 0 Å². The highest BCUT2D eigenvalue weighted by atomic mass is 16.2. The summed E-state index contributed by atoms with van der Waals surface area (Å²) in [6, 6.07) is 0. The van der Waals surface area contributed by atoms with Crippen LogP contribution in [0.2, 0.25) is 0 Å². The van der Waals surface area contributed by atoms with Gasteiger partial charge >= 0.3 is 0 Å². The molecule has 0 bridgehead atoms. The molecule has 2 N–H and O–H groups in total. The van der Waals surface area contributed by atoms with Gasteiger partial charge in [-0.05, 0) is 13.3 Å². The average molecular weight is 128 g/mol. The number of carbonyl (C=O) groups excluding carboxylic acids is 1. The molecule has 1 amide bonds. The Kier molecular flexibility index (Phi) is 1.71. The summed E-state index contributed by atoms with van der Waals surface area (Å²) in [5.41, 5.74) is 5.49. The van der Waals surface area contributed by atoms with Crippen LogP contribution in [0.3, 0.4) is 0 Å². The van der Waals surface area contributed by atoms with Crippen molar-refractivity contribution in [3.63, 3.8) is 0 Å². The largest absolute Gasteiger partial charge is 0.328 e. The third kappa shape index (κ3) is 1.21. The lowest BCUT2D eigenvalue weighted by molar-refractivity contribution is -0.129. The summed E-state index contributed by atoms with van der Waals surface area (Å²) in [7, 11) is 0. The summed E-state index contributed by atoms with van der Waals surface area (Å²) in [4.78, 5) is 12.6. The van der Waals surface area contributed by atoms with E-state index in [-0.39, 0.29) is 12.1 Å². The monoisotopic (exact) mass is 128 g/mol. The molecule has 52 valence electrons. The van der Waals surface area contributed by atoms with E-state index in [2.05, 4.69) is 0 Å². The van der Waals surface area contributed by atoms with Crippen LogP contribution in [0.4, 0.5) is 0 Å². The third-order valence-corrected chi connectivity index (χ3v) is 1.60. The molecule has 1 fully saturated rings. The van der Waals surface area contributed by atoms with Crippen LogP contribution in [-0.4, -0.2) is 23.5 Å². The van der Waals surface area contributed by atoms with Gasteiger partial charge in [0.15, 0.2) is 0 Å². The first-order chi connectivity index (χ1) is 4.22. The number of amides is 1. The van der Waals surface area contributed by atoms with Crippen LogP contribution in [0.1, 0.15) is 19.8 Å². The Morgan fingerprint density at radius 2 is 2.44 bits per heavy atom. The van der Waals surface area contributed by atoms with Crippen molar-refractivity contribution in [3.05, 3.63) is 0 Å². The molecule has 3 heteroatoms. The number of rotatable bonds is 1. The van der Waals surface area contributed by atoms with E-state index < -0.39 is 0 Å². The van der Waals surface area contributed by atoms with E-state index in [1.165, 1.54) is 0 Å². The highest BCUT2D eigenvalue weighted by molar-refractivity contribution is 5.78. The Balaban J connectivity index is 2.49. The highest BCUT2D eigenvalue weighted by Crippen LogP contribution is 2.09. The van der Waals surface area contributed by atoms with Crippen molar-refractivity contribution in [2.45, 2.75) is 25.9 Å². The second kappa shape index (κ2) is 2.35. The topological polar surface area (TPSA) is 46.3 Å². The van der Waals surface area contributed by atoms with Gasteiger partial charge in [0.05, 0.1) is 6.17 Å². The molecule has 0 aliphatic carbocycles. The lowest BCUT2D eigenvalue weighted by Gasteiger charge is -2.19. The molecule has 1 atom stereocenters. The Morgan fingerprint density at radius 1 is 1.78 bits per heavy atom. The van der Waals surface area contributed by atoms with Gasteiger partial charge in [-0.2, -0.15) is 0 Å². The zero-order valence-electron chi connectivity index (χ0n) is 5.63. The molecule has 0 aromatic heterocycles. The fraction of sp³-hybridized carbons (Fsp3) is 0.833. The van der Waals surface area contributed by atoms with E-state index >= 15 is 0 Å². The predicted molar refractivity (Wildman–Crippen MR) is 34.6 cm³/mol. The normalized spacial score (nSPS) is 22.9. The quantitative estimate of drug-likeness (QED) is 0.536. The number of nitrogens with two attached hydrogens (primary N) is 1. The van der Waals surface area contributed by atoms with E-state index in [4.69, 9.17) is 5.73 Å². The SMILES string of the molecule is CC(N)N1CCCC1=O. The fourth-order valence-electron chi connectivity index (χ4n) is 1.10. The zero-order chi connectivity index (χ0) is 6.85. The molecule has 0 spiro atoms. The van der Waals surface area contributed by atoms with Gasteiger partial charge in [0, 0.05) is 13.0 Å². The van der Waals surface area contributed by atoms with Gasteiger partial charge < -0.3 is 10.6 Å². The molecule has 9 heavy (non-hydrogen) atoms. The van der Waals surface area contributed by atoms with Crippen molar-refractivity contribution < 1.29 is 4.79 Å². The van der Waals surface area contributed by atoms with E-state index in [9.17, 15) is 4.79 Å². The molecule has 1 aliphatic rings. The number of likely N-dealkylation sites (tertiary alicyclic amines) is 1. The molecule has 3 nitrogen and oxygen atoms in total. The third-order valence-electron chi connectivity index (χ3n) is 1.60. The standard InChI is InChI=1S/C6H12N2O/c1-5(7)8-4-2-3-6(8)9/h5H,2-4,7H2,1H3. The molecule has 0 radical (unpaired) electrons. The average Bonchev–Trinajstić information content (AvgIpc) is 2.13. The minimum absolute atomic E-state index is 0.0972.